The second-order valence-corrected chi connectivity index (χ2v) is 9.07. The summed E-state index contributed by atoms with van der Waals surface area (Å²) < 4.78 is 21.6. The first-order chi connectivity index (χ1) is 18.5. The minimum atomic E-state index is -1.29. The maximum absolute atomic E-state index is 13.6. The van der Waals surface area contributed by atoms with Crippen molar-refractivity contribution in [3.05, 3.63) is 101 Å². The third-order valence-electron chi connectivity index (χ3n) is 5.77. The van der Waals surface area contributed by atoms with E-state index in [4.69, 9.17) is 18.9 Å². The van der Waals surface area contributed by atoms with Gasteiger partial charge in [-0.1, -0.05) is 60.7 Å². The molecule has 0 unspecified atom stereocenters. The average Bonchev–Trinajstić information content (AvgIpc) is 3.59. The Morgan fingerprint density at radius 1 is 0.921 bits per heavy atom. The van der Waals surface area contributed by atoms with Gasteiger partial charge in [-0.25, -0.2) is 9.59 Å². The first kappa shape index (κ1) is 25.0. The molecule has 0 fully saturated rings. The molecule has 4 aromatic rings. The molecule has 0 saturated heterocycles. The molecule has 9 heteroatoms. The molecule has 38 heavy (non-hydrogen) atoms. The van der Waals surface area contributed by atoms with Crippen molar-refractivity contribution in [2.75, 3.05) is 18.7 Å². The molecule has 8 nitrogen and oxygen atoms in total. The Balaban J connectivity index is 1.45. The van der Waals surface area contributed by atoms with E-state index in [-0.39, 0.29) is 24.5 Å². The molecule has 3 aromatic carbocycles. The molecule has 1 aliphatic rings. The van der Waals surface area contributed by atoms with Crippen LogP contribution in [0.4, 0.5) is 5.00 Å². The number of amides is 1. The van der Waals surface area contributed by atoms with E-state index in [1.54, 1.807) is 54.8 Å². The maximum Gasteiger partial charge on any atom is 0.341 e. The monoisotopic (exact) mass is 529 g/mol. The van der Waals surface area contributed by atoms with Crippen molar-refractivity contribution in [1.82, 2.24) is 0 Å². The summed E-state index contributed by atoms with van der Waals surface area (Å²) in [5, 5.41) is 4.88. The number of fused-ring (bicyclic) bond motifs is 1. The fourth-order valence-electron chi connectivity index (χ4n) is 3.96. The molecule has 1 aliphatic heterocycles. The van der Waals surface area contributed by atoms with Gasteiger partial charge in [0, 0.05) is 16.5 Å². The standard InChI is InChI=1S/C29H23NO7S/c1-2-34-29(33)24-21(18-9-5-3-6-10-18)16-38-27(24)30-26(31)25(19-11-7-4-8-12-19)37-28(32)20-13-14-22-23(15-20)36-17-35-22/h3-16,25H,2,17H2,1H3,(H,30,31)/t25-/m1/s1. The lowest BCUT2D eigenvalue weighted by Crippen LogP contribution is -2.26. The lowest BCUT2D eigenvalue weighted by atomic mass is 10.0. The molecule has 1 N–H and O–H groups in total. The van der Waals surface area contributed by atoms with Crippen molar-refractivity contribution in [3.8, 4) is 22.6 Å². The summed E-state index contributed by atoms with van der Waals surface area (Å²) in [6.45, 7) is 1.96. The molecule has 1 aromatic heterocycles. The molecule has 0 radical (unpaired) electrons. The fraction of sp³-hybridized carbons (Fsp3) is 0.138. The number of hydrogen-bond donors (Lipinski definition) is 1. The Morgan fingerprint density at radius 2 is 1.63 bits per heavy atom. The Labute approximate surface area is 222 Å². The highest BCUT2D eigenvalue weighted by Crippen LogP contribution is 2.37. The number of ether oxygens (including phenoxy) is 4. The summed E-state index contributed by atoms with van der Waals surface area (Å²) in [6.07, 6.45) is -1.29. The molecule has 5 rings (SSSR count). The van der Waals surface area contributed by atoms with Crippen molar-refractivity contribution in [2.24, 2.45) is 0 Å². The Morgan fingerprint density at radius 3 is 2.37 bits per heavy atom. The first-order valence-corrected chi connectivity index (χ1v) is 12.7. The predicted molar refractivity (Wildman–Crippen MR) is 142 cm³/mol. The van der Waals surface area contributed by atoms with Crippen molar-refractivity contribution in [1.29, 1.82) is 0 Å². The molecule has 0 aliphatic carbocycles. The number of carbonyl (C=O) groups excluding carboxylic acids is 3. The minimum absolute atomic E-state index is 0.0669. The van der Waals surface area contributed by atoms with Gasteiger partial charge >= 0.3 is 11.9 Å². The van der Waals surface area contributed by atoms with E-state index in [0.29, 0.717) is 27.6 Å². The van der Waals surface area contributed by atoms with Gasteiger partial charge in [-0.3, -0.25) is 4.79 Å². The number of nitrogens with one attached hydrogen (secondary N) is 1. The summed E-state index contributed by atoms with van der Waals surface area (Å²) in [7, 11) is 0. The molecular weight excluding hydrogens is 506 g/mol. The highest BCUT2D eigenvalue weighted by Gasteiger charge is 2.30. The number of anilines is 1. The van der Waals surface area contributed by atoms with Crippen molar-refractivity contribution in [3.63, 3.8) is 0 Å². The number of thiophene rings is 1. The van der Waals surface area contributed by atoms with Gasteiger partial charge in [0.2, 0.25) is 12.9 Å². The van der Waals surface area contributed by atoms with Gasteiger partial charge in [-0.05, 0) is 30.7 Å². The molecule has 0 bridgehead atoms. The van der Waals surface area contributed by atoms with Gasteiger partial charge in [0.25, 0.3) is 5.91 Å². The number of hydrogen-bond acceptors (Lipinski definition) is 8. The van der Waals surface area contributed by atoms with Crippen LogP contribution in [0.25, 0.3) is 11.1 Å². The molecule has 1 atom stereocenters. The molecule has 192 valence electrons. The smallest absolute Gasteiger partial charge is 0.341 e. The summed E-state index contributed by atoms with van der Waals surface area (Å²) in [5.74, 6) is -0.938. The van der Waals surface area contributed by atoms with Gasteiger partial charge in [-0.2, -0.15) is 0 Å². The third kappa shape index (κ3) is 5.23. The zero-order valence-corrected chi connectivity index (χ0v) is 21.2. The van der Waals surface area contributed by atoms with Crippen LogP contribution in [-0.2, 0) is 14.3 Å². The Kier molecular flexibility index (Phi) is 7.37. The summed E-state index contributed by atoms with van der Waals surface area (Å²) in [6, 6.07) is 22.7. The third-order valence-corrected chi connectivity index (χ3v) is 6.66. The van der Waals surface area contributed by atoms with Crippen LogP contribution >= 0.6 is 11.3 Å². The van der Waals surface area contributed by atoms with E-state index in [0.717, 1.165) is 5.56 Å². The van der Waals surface area contributed by atoms with Gasteiger partial charge in [-0.15, -0.1) is 11.3 Å². The first-order valence-electron chi connectivity index (χ1n) is 11.9. The van der Waals surface area contributed by atoms with E-state index in [2.05, 4.69) is 5.32 Å². The zero-order valence-electron chi connectivity index (χ0n) is 20.3. The molecular formula is C29H23NO7S. The number of benzene rings is 3. The fourth-order valence-corrected chi connectivity index (χ4v) is 4.92. The highest BCUT2D eigenvalue weighted by molar-refractivity contribution is 7.15. The van der Waals surface area contributed by atoms with Gasteiger partial charge in [0.1, 0.15) is 10.6 Å². The van der Waals surface area contributed by atoms with Crippen LogP contribution in [0, 0.1) is 0 Å². The van der Waals surface area contributed by atoms with E-state index in [9.17, 15) is 14.4 Å². The summed E-state index contributed by atoms with van der Waals surface area (Å²) in [4.78, 5) is 39.6. The lowest BCUT2D eigenvalue weighted by Gasteiger charge is -2.18. The predicted octanol–water partition coefficient (Wildman–Crippen LogP) is 5.86. The van der Waals surface area contributed by atoms with Crippen molar-refractivity contribution in [2.45, 2.75) is 13.0 Å². The SMILES string of the molecule is CCOC(=O)c1c(-c2ccccc2)csc1NC(=O)[C@H](OC(=O)c1ccc2c(c1)OCO2)c1ccccc1. The largest absolute Gasteiger partial charge is 0.462 e. The van der Waals surface area contributed by atoms with E-state index < -0.39 is 23.9 Å². The zero-order chi connectivity index (χ0) is 26.5. The van der Waals surface area contributed by atoms with E-state index in [1.165, 1.54) is 17.4 Å². The van der Waals surface area contributed by atoms with Crippen molar-refractivity contribution >= 4 is 34.2 Å². The van der Waals surface area contributed by atoms with E-state index >= 15 is 0 Å². The van der Waals surface area contributed by atoms with Crippen LogP contribution in [0.15, 0.2) is 84.2 Å². The van der Waals surface area contributed by atoms with Crippen LogP contribution in [0.2, 0.25) is 0 Å². The topological polar surface area (TPSA) is 100 Å². The number of esters is 2. The normalized spacial score (nSPS) is 12.4. The highest BCUT2D eigenvalue weighted by atomic mass is 32.1. The van der Waals surface area contributed by atoms with Crippen LogP contribution in [0.3, 0.4) is 0 Å². The average molecular weight is 530 g/mol. The van der Waals surface area contributed by atoms with Crippen LogP contribution in [0.5, 0.6) is 11.5 Å². The van der Waals surface area contributed by atoms with E-state index in [1.807, 2.05) is 30.3 Å². The second kappa shape index (κ2) is 11.2. The summed E-state index contributed by atoms with van der Waals surface area (Å²) in [5.41, 5.74) is 2.36. The van der Waals surface area contributed by atoms with Crippen LogP contribution in [0.1, 0.15) is 39.3 Å². The van der Waals surface area contributed by atoms with Gasteiger partial charge in [0.05, 0.1) is 12.2 Å². The Hall–Kier alpha value is -4.63. The van der Waals surface area contributed by atoms with Crippen LogP contribution in [-0.4, -0.2) is 31.2 Å². The number of rotatable bonds is 8. The van der Waals surface area contributed by atoms with Crippen molar-refractivity contribution < 1.29 is 33.3 Å². The lowest BCUT2D eigenvalue weighted by molar-refractivity contribution is -0.125. The quantitative estimate of drug-likeness (QED) is 0.286. The summed E-state index contributed by atoms with van der Waals surface area (Å²) >= 11 is 1.19. The van der Waals surface area contributed by atoms with Crippen LogP contribution < -0.4 is 14.8 Å². The minimum Gasteiger partial charge on any atom is -0.462 e. The molecule has 0 spiro atoms. The Bertz CT molecular complexity index is 1470. The molecule has 2 heterocycles. The van der Waals surface area contributed by atoms with Gasteiger partial charge in [0.15, 0.2) is 11.5 Å². The second-order valence-electron chi connectivity index (χ2n) is 8.19. The molecule has 0 saturated carbocycles. The molecule has 1 amide bonds. The number of carbonyl (C=O) groups is 3. The maximum atomic E-state index is 13.6. The van der Waals surface area contributed by atoms with Gasteiger partial charge < -0.3 is 24.3 Å².